The van der Waals surface area contributed by atoms with Crippen molar-refractivity contribution in [2.75, 3.05) is 9.44 Å². The normalized spacial score (nSPS) is 11.7. The maximum Gasteiger partial charge on any atom is 0.261 e. The minimum absolute atomic E-state index is 0.0173. The molecule has 0 aliphatic rings. The van der Waals surface area contributed by atoms with E-state index >= 15 is 0 Å². The largest absolute Gasteiger partial charge is 0.508 e. The fraction of sp³-hybridized carbons (Fsp3) is 0. The van der Waals surface area contributed by atoms with Crippen molar-refractivity contribution in [2.24, 2.45) is 0 Å². The number of sulfonamides is 2. The van der Waals surface area contributed by atoms with Gasteiger partial charge in [-0.05, 0) is 66.7 Å². The van der Waals surface area contributed by atoms with Gasteiger partial charge in [0.1, 0.15) is 11.5 Å². The van der Waals surface area contributed by atoms with Gasteiger partial charge in [-0.3, -0.25) is 9.44 Å². The Labute approximate surface area is 162 Å². The molecular formula is C18H16N2O6S2. The Kier molecular flexibility index (Phi) is 5.16. The molecule has 10 heteroatoms. The SMILES string of the molecule is O=S(=O)(Nc1ccc(O)cc1)c1cccc(S(=O)(=O)Nc2ccc(O)cc2)c1. The Hall–Kier alpha value is -3.24. The maximum atomic E-state index is 12.5. The molecule has 0 aliphatic heterocycles. The molecule has 8 nitrogen and oxygen atoms in total. The van der Waals surface area contributed by atoms with E-state index < -0.39 is 20.0 Å². The van der Waals surface area contributed by atoms with Gasteiger partial charge in [0.25, 0.3) is 20.0 Å². The average Bonchev–Trinajstić information content (AvgIpc) is 2.65. The second-order valence-corrected chi connectivity index (χ2v) is 9.14. The third kappa shape index (κ3) is 4.53. The number of rotatable bonds is 6. The molecule has 28 heavy (non-hydrogen) atoms. The molecular weight excluding hydrogens is 404 g/mol. The number of phenolic OH excluding ortho intramolecular Hbond substituents is 2. The summed E-state index contributed by atoms with van der Waals surface area (Å²) in [4.78, 5) is -0.483. The second kappa shape index (κ2) is 7.41. The van der Waals surface area contributed by atoms with Crippen LogP contribution in [-0.4, -0.2) is 27.0 Å². The highest BCUT2D eigenvalue weighted by molar-refractivity contribution is 7.93. The average molecular weight is 420 g/mol. The van der Waals surface area contributed by atoms with E-state index in [-0.39, 0.29) is 32.7 Å². The van der Waals surface area contributed by atoms with Crippen LogP contribution in [0.2, 0.25) is 0 Å². The number of aromatic hydroxyl groups is 2. The molecule has 0 saturated heterocycles. The Balaban J connectivity index is 1.88. The second-order valence-electron chi connectivity index (χ2n) is 5.78. The summed E-state index contributed by atoms with van der Waals surface area (Å²) < 4.78 is 54.8. The molecule has 3 aromatic rings. The van der Waals surface area contributed by atoms with Gasteiger partial charge in [-0.15, -0.1) is 0 Å². The van der Waals surface area contributed by atoms with Crippen molar-refractivity contribution in [1.29, 1.82) is 0 Å². The number of benzene rings is 3. The third-order valence-corrected chi connectivity index (χ3v) is 6.42. The van der Waals surface area contributed by atoms with Crippen molar-refractivity contribution >= 4 is 31.4 Å². The minimum Gasteiger partial charge on any atom is -0.508 e. The Morgan fingerprint density at radius 2 is 0.929 bits per heavy atom. The highest BCUT2D eigenvalue weighted by Gasteiger charge is 2.20. The van der Waals surface area contributed by atoms with E-state index in [1.807, 2.05) is 0 Å². The predicted octanol–water partition coefficient (Wildman–Crippen LogP) is 2.70. The van der Waals surface area contributed by atoms with Gasteiger partial charge in [-0.2, -0.15) is 0 Å². The zero-order chi connectivity index (χ0) is 20.4. The molecule has 0 bridgehead atoms. The third-order valence-electron chi connectivity index (χ3n) is 3.67. The first-order chi connectivity index (χ1) is 13.2. The van der Waals surface area contributed by atoms with Gasteiger partial charge < -0.3 is 10.2 Å². The van der Waals surface area contributed by atoms with E-state index in [2.05, 4.69) is 9.44 Å². The van der Waals surface area contributed by atoms with E-state index in [1.54, 1.807) is 0 Å². The van der Waals surface area contributed by atoms with Gasteiger partial charge in [0.15, 0.2) is 0 Å². The lowest BCUT2D eigenvalue weighted by Crippen LogP contribution is -2.16. The fourth-order valence-corrected chi connectivity index (χ4v) is 4.58. The lowest BCUT2D eigenvalue weighted by atomic mass is 10.3. The van der Waals surface area contributed by atoms with E-state index in [4.69, 9.17) is 0 Å². The van der Waals surface area contributed by atoms with Gasteiger partial charge in [0.05, 0.1) is 9.79 Å². The van der Waals surface area contributed by atoms with Crippen LogP contribution in [0.3, 0.4) is 0 Å². The molecule has 0 fully saturated rings. The Morgan fingerprint density at radius 3 is 1.29 bits per heavy atom. The van der Waals surface area contributed by atoms with Crippen molar-refractivity contribution in [3.05, 3.63) is 72.8 Å². The van der Waals surface area contributed by atoms with Gasteiger partial charge in [0.2, 0.25) is 0 Å². The molecule has 0 amide bonds. The summed E-state index contributed by atoms with van der Waals surface area (Å²) >= 11 is 0. The molecule has 3 rings (SSSR count). The van der Waals surface area contributed by atoms with Gasteiger partial charge in [-0.1, -0.05) is 6.07 Å². The predicted molar refractivity (Wildman–Crippen MR) is 104 cm³/mol. The Morgan fingerprint density at radius 1 is 0.571 bits per heavy atom. The summed E-state index contributed by atoms with van der Waals surface area (Å²) in [5.41, 5.74) is 0.432. The lowest BCUT2D eigenvalue weighted by Gasteiger charge is -2.11. The molecule has 0 saturated carbocycles. The van der Waals surface area contributed by atoms with Crippen LogP contribution >= 0.6 is 0 Å². The van der Waals surface area contributed by atoms with Crippen molar-refractivity contribution < 1.29 is 27.0 Å². The topological polar surface area (TPSA) is 133 Å². The summed E-state index contributed by atoms with van der Waals surface area (Å²) in [7, 11) is -8.09. The van der Waals surface area contributed by atoms with Gasteiger partial charge in [0, 0.05) is 11.4 Å². The molecule has 4 N–H and O–H groups in total. The first-order valence-electron chi connectivity index (χ1n) is 7.89. The Bertz CT molecular complexity index is 1100. The zero-order valence-electron chi connectivity index (χ0n) is 14.3. The van der Waals surface area contributed by atoms with Crippen molar-refractivity contribution in [1.82, 2.24) is 0 Å². The first-order valence-corrected chi connectivity index (χ1v) is 10.9. The van der Waals surface area contributed by atoms with Crippen LogP contribution < -0.4 is 9.44 Å². The summed E-state index contributed by atoms with van der Waals surface area (Å²) in [6.45, 7) is 0. The molecule has 0 unspecified atom stereocenters. The zero-order valence-corrected chi connectivity index (χ0v) is 15.9. The molecule has 0 aromatic heterocycles. The van der Waals surface area contributed by atoms with Crippen molar-refractivity contribution in [2.45, 2.75) is 9.79 Å². The molecule has 146 valence electrons. The number of hydrogen-bond donors (Lipinski definition) is 4. The van der Waals surface area contributed by atoms with E-state index in [0.29, 0.717) is 0 Å². The number of nitrogens with one attached hydrogen (secondary N) is 2. The van der Waals surface area contributed by atoms with E-state index in [0.717, 1.165) is 6.07 Å². The van der Waals surface area contributed by atoms with Crippen molar-refractivity contribution in [3.8, 4) is 11.5 Å². The smallest absolute Gasteiger partial charge is 0.261 e. The molecule has 0 radical (unpaired) electrons. The van der Waals surface area contributed by atoms with E-state index in [1.165, 1.54) is 66.7 Å². The van der Waals surface area contributed by atoms with Crippen LogP contribution in [0.4, 0.5) is 11.4 Å². The monoisotopic (exact) mass is 420 g/mol. The summed E-state index contributed by atoms with van der Waals surface area (Å²) in [5.74, 6) is -0.0345. The van der Waals surface area contributed by atoms with Crippen LogP contribution in [0.1, 0.15) is 0 Å². The first kappa shape index (κ1) is 19.5. The maximum absolute atomic E-state index is 12.5. The number of anilines is 2. The summed E-state index contributed by atoms with van der Waals surface area (Å²) in [6, 6.07) is 15.7. The number of phenols is 2. The standard InChI is InChI=1S/C18H16N2O6S2/c21-15-8-4-13(5-9-15)19-27(23,24)17-2-1-3-18(12-17)28(25,26)20-14-6-10-16(22)11-7-14/h1-12,19-22H. The van der Waals surface area contributed by atoms with Crippen LogP contribution in [0.15, 0.2) is 82.6 Å². The van der Waals surface area contributed by atoms with Crippen LogP contribution in [0.5, 0.6) is 11.5 Å². The highest BCUT2D eigenvalue weighted by atomic mass is 32.2. The molecule has 0 heterocycles. The molecule has 0 aliphatic carbocycles. The highest BCUT2D eigenvalue weighted by Crippen LogP contribution is 2.23. The molecule has 0 atom stereocenters. The van der Waals surface area contributed by atoms with Crippen LogP contribution in [0.25, 0.3) is 0 Å². The van der Waals surface area contributed by atoms with Crippen molar-refractivity contribution in [3.63, 3.8) is 0 Å². The van der Waals surface area contributed by atoms with Crippen LogP contribution in [0, 0.1) is 0 Å². The van der Waals surface area contributed by atoms with Crippen LogP contribution in [-0.2, 0) is 20.0 Å². The molecule has 3 aromatic carbocycles. The summed E-state index contributed by atoms with van der Waals surface area (Å²) in [6.07, 6.45) is 0. The minimum atomic E-state index is -4.04. The lowest BCUT2D eigenvalue weighted by molar-refractivity contribution is 0.475. The van der Waals surface area contributed by atoms with E-state index in [9.17, 15) is 27.0 Å². The fourth-order valence-electron chi connectivity index (χ4n) is 2.30. The quantitative estimate of drug-likeness (QED) is 0.453. The van der Waals surface area contributed by atoms with Gasteiger partial charge in [-0.25, -0.2) is 16.8 Å². The number of hydrogen-bond acceptors (Lipinski definition) is 6. The molecule has 0 spiro atoms. The summed E-state index contributed by atoms with van der Waals surface area (Å²) in [5, 5.41) is 18.5. The van der Waals surface area contributed by atoms with Gasteiger partial charge >= 0.3 is 0 Å².